The van der Waals surface area contributed by atoms with Gasteiger partial charge in [-0.25, -0.2) is 0 Å². The van der Waals surface area contributed by atoms with E-state index in [0.29, 0.717) is 5.75 Å². The molecule has 0 saturated carbocycles. The zero-order valence-corrected chi connectivity index (χ0v) is 8.04. The Morgan fingerprint density at radius 3 is 3.17 bits per heavy atom. The van der Waals surface area contributed by atoms with E-state index in [-0.39, 0.29) is 5.12 Å². The molecular formula is C10H12OS. The van der Waals surface area contributed by atoms with Gasteiger partial charge in [0.2, 0.25) is 0 Å². The van der Waals surface area contributed by atoms with Gasteiger partial charge in [0.25, 0.3) is 0 Å². The van der Waals surface area contributed by atoms with Gasteiger partial charge in [0.15, 0.2) is 5.12 Å². The molecule has 0 aliphatic heterocycles. The number of carbonyl (C=O) groups is 1. The molecule has 0 unspecified atom stereocenters. The molecule has 0 aromatic carbocycles. The van der Waals surface area contributed by atoms with Crippen LogP contribution in [0.25, 0.3) is 0 Å². The Hall–Kier alpha value is -0.680. The monoisotopic (exact) mass is 180 g/mol. The fourth-order valence-electron chi connectivity index (χ4n) is 1.07. The minimum Gasteiger partial charge on any atom is -0.288 e. The minimum atomic E-state index is 0.143. The molecule has 1 nitrogen and oxygen atoms in total. The van der Waals surface area contributed by atoms with Crippen LogP contribution >= 0.6 is 11.8 Å². The van der Waals surface area contributed by atoms with E-state index in [2.05, 4.69) is 17.9 Å². The van der Waals surface area contributed by atoms with Crippen LogP contribution in [0.1, 0.15) is 26.2 Å². The van der Waals surface area contributed by atoms with Crippen molar-refractivity contribution in [1.82, 2.24) is 0 Å². The Balaban J connectivity index is 2.24. The zero-order valence-electron chi connectivity index (χ0n) is 7.22. The van der Waals surface area contributed by atoms with Crippen molar-refractivity contribution in [2.75, 3.05) is 5.75 Å². The van der Waals surface area contributed by atoms with Crippen LogP contribution in [0.4, 0.5) is 0 Å². The summed E-state index contributed by atoms with van der Waals surface area (Å²) >= 11 is 1.27. The number of rotatable bonds is 1. The van der Waals surface area contributed by atoms with Crippen molar-refractivity contribution in [3.05, 3.63) is 11.6 Å². The molecule has 0 saturated heterocycles. The van der Waals surface area contributed by atoms with Crippen molar-refractivity contribution in [2.45, 2.75) is 26.2 Å². The molecule has 0 aromatic rings. The second-order valence-corrected chi connectivity index (χ2v) is 3.86. The highest BCUT2D eigenvalue weighted by Gasteiger charge is 1.99. The summed E-state index contributed by atoms with van der Waals surface area (Å²) in [6.45, 7) is 1.57. The first kappa shape index (κ1) is 9.41. The van der Waals surface area contributed by atoms with E-state index in [4.69, 9.17) is 0 Å². The molecule has 0 fully saturated rings. The average molecular weight is 180 g/mol. The number of thioether (sulfide) groups is 1. The lowest BCUT2D eigenvalue weighted by Crippen LogP contribution is -1.82. The normalized spacial score (nSPS) is 14.9. The molecule has 0 N–H and O–H groups in total. The molecule has 0 atom stereocenters. The van der Waals surface area contributed by atoms with Crippen molar-refractivity contribution in [1.29, 1.82) is 0 Å². The maximum Gasteiger partial charge on any atom is 0.186 e. The largest absolute Gasteiger partial charge is 0.288 e. The predicted molar refractivity (Wildman–Crippen MR) is 52.8 cm³/mol. The Morgan fingerprint density at radius 2 is 2.58 bits per heavy atom. The first-order valence-electron chi connectivity index (χ1n) is 4.10. The van der Waals surface area contributed by atoms with E-state index in [1.807, 2.05) is 0 Å². The Morgan fingerprint density at radius 1 is 1.75 bits per heavy atom. The van der Waals surface area contributed by atoms with Gasteiger partial charge in [0.05, 0.1) is 5.75 Å². The van der Waals surface area contributed by atoms with Gasteiger partial charge >= 0.3 is 0 Å². The SMILES string of the molecule is CC(=O)SCC#CC1=CCCC1. The zero-order chi connectivity index (χ0) is 8.81. The summed E-state index contributed by atoms with van der Waals surface area (Å²) in [5.41, 5.74) is 1.25. The van der Waals surface area contributed by atoms with Gasteiger partial charge in [-0.1, -0.05) is 29.7 Å². The summed E-state index contributed by atoms with van der Waals surface area (Å²) < 4.78 is 0. The Kier molecular flexibility index (Phi) is 3.96. The van der Waals surface area contributed by atoms with Crippen molar-refractivity contribution in [3.8, 4) is 11.8 Å². The fraction of sp³-hybridized carbons (Fsp3) is 0.500. The summed E-state index contributed by atoms with van der Waals surface area (Å²) in [5, 5.41) is 0.143. The van der Waals surface area contributed by atoms with Gasteiger partial charge in [0.1, 0.15) is 0 Å². The highest BCUT2D eigenvalue weighted by Crippen LogP contribution is 2.16. The van der Waals surface area contributed by atoms with E-state index >= 15 is 0 Å². The molecule has 1 aliphatic rings. The van der Waals surface area contributed by atoms with Gasteiger partial charge in [0, 0.05) is 6.92 Å². The molecule has 64 valence electrons. The van der Waals surface area contributed by atoms with Gasteiger partial charge in [-0.3, -0.25) is 4.79 Å². The van der Waals surface area contributed by atoms with Crippen molar-refractivity contribution in [3.63, 3.8) is 0 Å². The van der Waals surface area contributed by atoms with E-state index in [1.165, 1.54) is 30.2 Å². The second-order valence-electron chi connectivity index (χ2n) is 2.70. The molecule has 0 radical (unpaired) electrons. The average Bonchev–Trinajstić information content (AvgIpc) is 2.49. The second kappa shape index (κ2) is 5.05. The van der Waals surface area contributed by atoms with Gasteiger partial charge in [-0.2, -0.15) is 0 Å². The summed E-state index contributed by atoms with van der Waals surface area (Å²) in [6.07, 6.45) is 5.72. The smallest absolute Gasteiger partial charge is 0.186 e. The van der Waals surface area contributed by atoms with E-state index < -0.39 is 0 Å². The quantitative estimate of drug-likeness (QED) is 0.576. The maximum absolute atomic E-state index is 10.5. The lowest BCUT2D eigenvalue weighted by atomic mass is 10.2. The summed E-state index contributed by atoms with van der Waals surface area (Å²) in [5.74, 6) is 6.69. The van der Waals surface area contributed by atoms with Crippen LogP contribution < -0.4 is 0 Å². The van der Waals surface area contributed by atoms with Crippen molar-refractivity contribution >= 4 is 16.9 Å². The fourth-order valence-corrected chi connectivity index (χ4v) is 1.42. The minimum absolute atomic E-state index is 0.143. The molecule has 0 spiro atoms. The lowest BCUT2D eigenvalue weighted by molar-refractivity contribution is -0.109. The third kappa shape index (κ3) is 3.64. The first-order valence-corrected chi connectivity index (χ1v) is 5.09. The summed E-state index contributed by atoms with van der Waals surface area (Å²) in [6, 6.07) is 0. The third-order valence-corrected chi connectivity index (χ3v) is 2.33. The molecule has 1 aliphatic carbocycles. The molecule has 0 amide bonds. The highest BCUT2D eigenvalue weighted by molar-refractivity contribution is 8.13. The standard InChI is InChI=1S/C10H12OS/c1-9(11)12-8-4-7-10-5-2-3-6-10/h5H,2-3,6,8H2,1H3. The molecule has 12 heavy (non-hydrogen) atoms. The van der Waals surface area contributed by atoms with Crippen LogP contribution in [-0.4, -0.2) is 10.9 Å². The van der Waals surface area contributed by atoms with Crippen molar-refractivity contribution in [2.24, 2.45) is 0 Å². The van der Waals surface area contributed by atoms with E-state index in [9.17, 15) is 4.79 Å². The molecular weight excluding hydrogens is 168 g/mol. The molecule has 0 bridgehead atoms. The predicted octanol–water partition coefficient (Wildman–Crippen LogP) is 2.38. The van der Waals surface area contributed by atoms with Crippen LogP contribution in [0.5, 0.6) is 0 Å². The van der Waals surface area contributed by atoms with Crippen LogP contribution in [0.3, 0.4) is 0 Å². The van der Waals surface area contributed by atoms with Gasteiger partial charge in [-0.05, 0) is 24.8 Å². The Bertz CT molecular complexity index is 255. The number of allylic oxidation sites excluding steroid dienone is 2. The van der Waals surface area contributed by atoms with E-state index in [0.717, 1.165) is 6.42 Å². The Labute approximate surface area is 77.6 Å². The van der Waals surface area contributed by atoms with Crippen LogP contribution in [-0.2, 0) is 4.79 Å². The number of carbonyl (C=O) groups excluding carboxylic acids is 1. The van der Waals surface area contributed by atoms with Gasteiger partial charge < -0.3 is 0 Å². The third-order valence-electron chi connectivity index (χ3n) is 1.64. The molecule has 0 aromatic heterocycles. The number of hydrogen-bond acceptors (Lipinski definition) is 2. The van der Waals surface area contributed by atoms with Crippen LogP contribution in [0, 0.1) is 11.8 Å². The lowest BCUT2D eigenvalue weighted by Gasteiger charge is -1.86. The summed E-state index contributed by atoms with van der Waals surface area (Å²) in [7, 11) is 0. The van der Waals surface area contributed by atoms with Crippen LogP contribution in [0.2, 0.25) is 0 Å². The molecule has 0 heterocycles. The highest BCUT2D eigenvalue weighted by atomic mass is 32.2. The molecule has 2 heteroatoms. The topological polar surface area (TPSA) is 17.1 Å². The maximum atomic E-state index is 10.5. The number of hydrogen-bond donors (Lipinski definition) is 0. The van der Waals surface area contributed by atoms with Gasteiger partial charge in [-0.15, -0.1) is 0 Å². The first-order chi connectivity index (χ1) is 5.79. The van der Waals surface area contributed by atoms with Crippen molar-refractivity contribution < 1.29 is 4.79 Å². The molecule has 1 rings (SSSR count). The van der Waals surface area contributed by atoms with Crippen LogP contribution in [0.15, 0.2) is 11.6 Å². The summed E-state index contributed by atoms with van der Waals surface area (Å²) in [4.78, 5) is 10.5. The van der Waals surface area contributed by atoms with E-state index in [1.54, 1.807) is 6.92 Å².